The fourth-order valence-corrected chi connectivity index (χ4v) is 2.32. The summed E-state index contributed by atoms with van der Waals surface area (Å²) in [6.07, 6.45) is 7.07. The van der Waals surface area contributed by atoms with Crippen molar-refractivity contribution in [3.05, 3.63) is 30.6 Å². The van der Waals surface area contributed by atoms with Gasteiger partial charge in [0.2, 0.25) is 0 Å². The Morgan fingerprint density at radius 1 is 1.28 bits per heavy atom. The van der Waals surface area contributed by atoms with Crippen LogP contribution in [0.15, 0.2) is 30.6 Å². The molecule has 0 saturated heterocycles. The van der Waals surface area contributed by atoms with Crippen LogP contribution in [-0.4, -0.2) is 16.0 Å². The summed E-state index contributed by atoms with van der Waals surface area (Å²) in [5, 5.41) is 4.63. The normalized spacial score (nSPS) is 16.7. The number of nitrogens with zero attached hydrogens (tertiary/aromatic N) is 2. The van der Waals surface area contributed by atoms with E-state index in [2.05, 4.69) is 28.3 Å². The lowest BCUT2D eigenvalue weighted by atomic mass is 10.1. The van der Waals surface area contributed by atoms with E-state index in [1.54, 1.807) is 6.33 Å². The average molecular weight is 241 g/mol. The first-order chi connectivity index (χ1) is 8.83. The van der Waals surface area contributed by atoms with E-state index in [9.17, 15) is 0 Å². The first kappa shape index (κ1) is 11.5. The van der Waals surface area contributed by atoms with Crippen molar-refractivity contribution in [1.82, 2.24) is 9.97 Å². The van der Waals surface area contributed by atoms with Crippen LogP contribution in [0.2, 0.25) is 0 Å². The van der Waals surface area contributed by atoms with E-state index < -0.39 is 0 Å². The minimum absolute atomic E-state index is 0.476. The standard InChI is InChI=1S/C15H19N3/c1-11(6-7-12-8-9-12)18-15-13-4-2-3-5-14(13)16-10-17-15/h2-5,10-12H,6-9H2,1H3,(H,16,17,18). The fraction of sp³-hybridized carbons (Fsp3) is 0.467. The van der Waals surface area contributed by atoms with Crippen LogP contribution in [0.5, 0.6) is 0 Å². The van der Waals surface area contributed by atoms with Crippen LogP contribution in [0.25, 0.3) is 10.9 Å². The van der Waals surface area contributed by atoms with Gasteiger partial charge in [-0.1, -0.05) is 25.0 Å². The van der Waals surface area contributed by atoms with Crippen molar-refractivity contribution < 1.29 is 0 Å². The second-order valence-electron chi connectivity index (χ2n) is 5.31. The molecule has 0 radical (unpaired) electrons. The van der Waals surface area contributed by atoms with Crippen molar-refractivity contribution >= 4 is 16.7 Å². The van der Waals surface area contributed by atoms with Gasteiger partial charge in [-0.05, 0) is 37.8 Å². The van der Waals surface area contributed by atoms with Gasteiger partial charge in [0.15, 0.2) is 0 Å². The van der Waals surface area contributed by atoms with Crippen LogP contribution in [0.4, 0.5) is 5.82 Å². The predicted octanol–water partition coefficient (Wildman–Crippen LogP) is 3.62. The highest BCUT2D eigenvalue weighted by Gasteiger charge is 2.21. The van der Waals surface area contributed by atoms with Gasteiger partial charge in [-0.25, -0.2) is 9.97 Å². The highest BCUT2D eigenvalue weighted by atomic mass is 15.0. The monoisotopic (exact) mass is 241 g/mol. The molecule has 0 amide bonds. The molecule has 1 aromatic carbocycles. The van der Waals surface area contributed by atoms with Crippen molar-refractivity contribution in [2.45, 2.75) is 38.6 Å². The van der Waals surface area contributed by atoms with E-state index in [1.807, 2.05) is 18.2 Å². The molecule has 0 bridgehead atoms. The van der Waals surface area contributed by atoms with Crippen LogP contribution >= 0.6 is 0 Å². The molecule has 2 aromatic rings. The molecule has 3 rings (SSSR count). The van der Waals surface area contributed by atoms with E-state index >= 15 is 0 Å². The number of nitrogens with one attached hydrogen (secondary N) is 1. The van der Waals surface area contributed by atoms with E-state index in [0.717, 1.165) is 22.6 Å². The molecule has 1 aliphatic carbocycles. The number of hydrogen-bond acceptors (Lipinski definition) is 3. The summed E-state index contributed by atoms with van der Waals surface area (Å²) in [5.74, 6) is 1.96. The van der Waals surface area contributed by atoms with Gasteiger partial charge in [0.25, 0.3) is 0 Å². The molecule has 1 aromatic heterocycles. The van der Waals surface area contributed by atoms with Crippen LogP contribution in [0.1, 0.15) is 32.6 Å². The van der Waals surface area contributed by atoms with Crippen molar-refractivity contribution in [3.8, 4) is 0 Å². The number of anilines is 1. The minimum Gasteiger partial charge on any atom is -0.367 e. The zero-order valence-electron chi connectivity index (χ0n) is 10.8. The fourth-order valence-electron chi connectivity index (χ4n) is 2.32. The Morgan fingerprint density at radius 2 is 2.11 bits per heavy atom. The SMILES string of the molecule is CC(CCC1CC1)Nc1ncnc2ccccc12. The molecule has 18 heavy (non-hydrogen) atoms. The number of hydrogen-bond donors (Lipinski definition) is 1. The number of benzene rings is 1. The van der Waals surface area contributed by atoms with Crippen molar-refractivity contribution in [2.75, 3.05) is 5.32 Å². The van der Waals surface area contributed by atoms with Gasteiger partial charge >= 0.3 is 0 Å². The summed E-state index contributed by atoms with van der Waals surface area (Å²) in [6.45, 7) is 2.24. The Balaban J connectivity index is 1.72. The molecule has 3 nitrogen and oxygen atoms in total. The second kappa shape index (κ2) is 4.92. The van der Waals surface area contributed by atoms with Gasteiger partial charge in [-0.3, -0.25) is 0 Å². The van der Waals surface area contributed by atoms with Crippen LogP contribution < -0.4 is 5.32 Å². The van der Waals surface area contributed by atoms with Gasteiger partial charge in [-0.2, -0.15) is 0 Å². The van der Waals surface area contributed by atoms with Gasteiger partial charge < -0.3 is 5.32 Å². The molecule has 1 unspecified atom stereocenters. The van der Waals surface area contributed by atoms with Gasteiger partial charge in [0.05, 0.1) is 5.52 Å². The van der Waals surface area contributed by atoms with Crippen LogP contribution in [0.3, 0.4) is 0 Å². The molecule has 1 N–H and O–H groups in total. The zero-order valence-corrected chi connectivity index (χ0v) is 10.8. The molecule has 0 spiro atoms. The maximum Gasteiger partial charge on any atom is 0.137 e. The Labute approximate surface area is 108 Å². The molecule has 1 saturated carbocycles. The lowest BCUT2D eigenvalue weighted by molar-refractivity contribution is 0.609. The van der Waals surface area contributed by atoms with Gasteiger partial charge in [-0.15, -0.1) is 0 Å². The molecular formula is C15H19N3. The van der Waals surface area contributed by atoms with Crippen LogP contribution in [0, 0.1) is 5.92 Å². The Bertz CT molecular complexity index is 529. The Morgan fingerprint density at radius 3 is 2.94 bits per heavy atom. The quantitative estimate of drug-likeness (QED) is 0.868. The topological polar surface area (TPSA) is 37.8 Å². The number of aromatic nitrogens is 2. The molecule has 1 fully saturated rings. The van der Waals surface area contributed by atoms with Crippen molar-refractivity contribution in [1.29, 1.82) is 0 Å². The molecule has 3 heteroatoms. The Hall–Kier alpha value is -1.64. The summed E-state index contributed by atoms with van der Waals surface area (Å²) in [5.41, 5.74) is 1.00. The number of para-hydroxylation sites is 1. The number of rotatable bonds is 5. The van der Waals surface area contributed by atoms with Gasteiger partial charge in [0, 0.05) is 11.4 Å². The van der Waals surface area contributed by atoms with E-state index in [0.29, 0.717) is 6.04 Å². The van der Waals surface area contributed by atoms with Crippen molar-refractivity contribution in [2.24, 2.45) is 5.92 Å². The summed E-state index contributed by atoms with van der Waals surface area (Å²) in [7, 11) is 0. The third kappa shape index (κ3) is 2.61. The molecule has 94 valence electrons. The third-order valence-electron chi connectivity index (χ3n) is 3.63. The molecule has 0 aliphatic heterocycles. The molecule has 1 heterocycles. The maximum absolute atomic E-state index is 4.37. The summed E-state index contributed by atoms with van der Waals surface area (Å²) >= 11 is 0. The predicted molar refractivity (Wildman–Crippen MR) is 74.6 cm³/mol. The van der Waals surface area contributed by atoms with Gasteiger partial charge in [0.1, 0.15) is 12.1 Å². The zero-order chi connectivity index (χ0) is 12.4. The lowest BCUT2D eigenvalue weighted by Crippen LogP contribution is -2.16. The highest BCUT2D eigenvalue weighted by Crippen LogP contribution is 2.34. The smallest absolute Gasteiger partial charge is 0.137 e. The first-order valence-corrected chi connectivity index (χ1v) is 6.79. The highest BCUT2D eigenvalue weighted by molar-refractivity contribution is 5.88. The lowest BCUT2D eigenvalue weighted by Gasteiger charge is -2.15. The molecule has 1 atom stereocenters. The van der Waals surface area contributed by atoms with E-state index in [1.165, 1.54) is 25.7 Å². The maximum atomic E-state index is 4.37. The third-order valence-corrected chi connectivity index (χ3v) is 3.63. The first-order valence-electron chi connectivity index (χ1n) is 6.79. The largest absolute Gasteiger partial charge is 0.367 e. The molecule has 1 aliphatic rings. The Kier molecular flexibility index (Phi) is 3.13. The minimum atomic E-state index is 0.476. The second-order valence-corrected chi connectivity index (χ2v) is 5.31. The summed E-state index contributed by atoms with van der Waals surface area (Å²) in [6, 6.07) is 8.62. The van der Waals surface area contributed by atoms with E-state index in [4.69, 9.17) is 0 Å². The summed E-state index contributed by atoms with van der Waals surface area (Å²) < 4.78 is 0. The molecular weight excluding hydrogens is 222 g/mol. The van der Waals surface area contributed by atoms with E-state index in [-0.39, 0.29) is 0 Å². The number of fused-ring (bicyclic) bond motifs is 1. The average Bonchev–Trinajstić information content (AvgIpc) is 3.21. The summed E-state index contributed by atoms with van der Waals surface area (Å²) in [4.78, 5) is 8.65. The van der Waals surface area contributed by atoms with Crippen LogP contribution in [-0.2, 0) is 0 Å². The van der Waals surface area contributed by atoms with Crippen molar-refractivity contribution in [3.63, 3.8) is 0 Å².